The molecule has 1 amide bonds. The Bertz CT molecular complexity index is 2080. The van der Waals surface area contributed by atoms with Gasteiger partial charge in [-0.05, 0) is 56.0 Å². The Morgan fingerprint density at radius 2 is 1.29 bits per heavy atom. The molecule has 62 heavy (non-hydrogen) atoms. The van der Waals surface area contributed by atoms with Crippen LogP contribution in [0.2, 0.25) is 0 Å². The number of aliphatic carboxylic acids is 4. The molecule has 1 saturated heterocycles. The number of carboxylic acid groups (broad SMARTS) is 5. The van der Waals surface area contributed by atoms with Crippen LogP contribution in [0.5, 0.6) is 0 Å². The van der Waals surface area contributed by atoms with Crippen molar-refractivity contribution in [2.45, 2.75) is 81.1 Å². The molecule has 1 aromatic heterocycles. The summed E-state index contributed by atoms with van der Waals surface area (Å²) in [4.78, 5) is 93.1. The van der Waals surface area contributed by atoms with E-state index in [-0.39, 0.29) is 217 Å². The van der Waals surface area contributed by atoms with Gasteiger partial charge in [-0.2, -0.15) is 0 Å². The molecule has 4 N–H and O–H groups in total. The SMILES string of the molecule is O=C([O-])CC(O)(CC([O-])=NCCCC[C@H](N=C([O-])CC(O)(CC(=O)[O-])C(=O)O)C(=O)N1CCN(c2cc3c(cc2F)c(=O)c(C(=O)[O-])cn3C2CC2)CC1)C(=O)O.[Na+].[Na+].[Na+].[Na+].[Na+]. The molecule has 3 atom stereocenters. The van der Waals surface area contributed by atoms with Crippen molar-refractivity contribution >= 4 is 64.1 Å². The number of anilines is 1. The van der Waals surface area contributed by atoms with E-state index in [1.54, 1.807) is 9.47 Å². The smallest absolute Gasteiger partial charge is 0.862 e. The van der Waals surface area contributed by atoms with Gasteiger partial charge in [0.2, 0.25) is 5.91 Å². The molecular formula is C35H37FN5Na5O16. The van der Waals surface area contributed by atoms with E-state index < -0.39 is 107 Å². The number of amides is 1. The average molecular weight is 918 g/mol. The van der Waals surface area contributed by atoms with Gasteiger partial charge < -0.3 is 79.7 Å². The standard InChI is InChI=1S/C35H42FN5O16.5Na/c36-21-11-19-23(41(18-4-5-18)17-20(29(19)48)31(50)51)12-24(21)39-7-9-40(10-8-39)30(49)22(38-26(43)14-35(57,33(54)55)16-28(46)47)3-1-2-6-37-25(42)13-34(56,32(52)53)15-27(44)45;;;;;/h11-12,17-18,22,56-57H,1-10,13-16H2,(H,37,42)(H,38,43)(H,44,45)(H,46,47)(H,50,51)(H,52,53)(H,54,55);;;;;/q;5*+1/p-5/t22-,34?,35?;;;;;/m0...../s1. The van der Waals surface area contributed by atoms with Crippen molar-refractivity contribution in [2.75, 3.05) is 37.6 Å². The first-order chi connectivity index (χ1) is 26.7. The van der Waals surface area contributed by atoms with Gasteiger partial charge in [-0.1, -0.05) is 0 Å². The Hall–Kier alpha value is -1.16. The fraction of sp³-hybridized carbons (Fsp3) is 0.514. The fourth-order valence-electron chi connectivity index (χ4n) is 6.36. The van der Waals surface area contributed by atoms with Crippen LogP contribution in [0.4, 0.5) is 10.1 Å². The second kappa shape index (κ2) is 27.5. The van der Waals surface area contributed by atoms with Gasteiger partial charge in [-0.3, -0.25) is 14.6 Å². The predicted octanol–water partition coefficient (Wildman–Crippen LogP) is -20.7. The molecule has 21 nitrogen and oxygen atoms in total. The molecule has 4 rings (SSSR count). The maximum atomic E-state index is 15.5. The largest absolute Gasteiger partial charge is 1.00 e. The molecule has 1 saturated carbocycles. The van der Waals surface area contributed by atoms with Crippen molar-refractivity contribution in [1.29, 1.82) is 0 Å². The van der Waals surface area contributed by atoms with Crippen LogP contribution in [0.25, 0.3) is 10.9 Å². The van der Waals surface area contributed by atoms with Crippen LogP contribution in [0.1, 0.15) is 74.2 Å². The molecule has 0 spiro atoms. The number of rotatable bonds is 20. The zero-order valence-electron chi connectivity index (χ0n) is 35.1. The zero-order chi connectivity index (χ0) is 42.4. The number of aliphatic hydroxyl groups is 2. The van der Waals surface area contributed by atoms with E-state index >= 15 is 4.39 Å². The van der Waals surface area contributed by atoms with Crippen LogP contribution in [-0.2, 0) is 24.0 Å². The summed E-state index contributed by atoms with van der Waals surface area (Å²) in [7, 11) is 0. The van der Waals surface area contributed by atoms with E-state index in [2.05, 4.69) is 9.98 Å². The number of carbonyl (C=O) groups excluding carboxylic acids is 4. The van der Waals surface area contributed by atoms with Crippen molar-refractivity contribution in [2.24, 2.45) is 9.98 Å². The van der Waals surface area contributed by atoms with E-state index in [9.17, 15) is 74.4 Å². The molecule has 2 unspecified atom stereocenters. The van der Waals surface area contributed by atoms with Crippen LogP contribution in [0, 0.1) is 5.82 Å². The Labute approximate surface area is 463 Å². The molecule has 1 aliphatic heterocycles. The first-order valence-corrected chi connectivity index (χ1v) is 17.5. The summed E-state index contributed by atoms with van der Waals surface area (Å²) in [6.07, 6.45) is -3.04. The molecule has 0 bridgehead atoms. The third-order valence-corrected chi connectivity index (χ3v) is 9.51. The Balaban J connectivity index is 0. The van der Waals surface area contributed by atoms with Crippen molar-refractivity contribution in [3.8, 4) is 0 Å². The van der Waals surface area contributed by atoms with Gasteiger partial charge in [0.25, 0.3) is 0 Å². The third-order valence-electron chi connectivity index (χ3n) is 9.51. The summed E-state index contributed by atoms with van der Waals surface area (Å²) in [6.45, 7) is -0.404. The van der Waals surface area contributed by atoms with Crippen molar-refractivity contribution < 1.29 is 227 Å². The van der Waals surface area contributed by atoms with E-state index in [1.807, 2.05) is 0 Å². The number of aliphatic imine (C=N–C) groups is 2. The first-order valence-electron chi connectivity index (χ1n) is 17.5. The van der Waals surface area contributed by atoms with Gasteiger partial charge in [-0.15, -0.1) is 0 Å². The monoisotopic (exact) mass is 917 g/mol. The van der Waals surface area contributed by atoms with Crippen LogP contribution in [-0.4, -0.2) is 127 Å². The van der Waals surface area contributed by atoms with Crippen LogP contribution in [0.3, 0.4) is 0 Å². The quantitative estimate of drug-likeness (QED) is 0.0415. The molecular weight excluding hydrogens is 880 g/mol. The van der Waals surface area contributed by atoms with Gasteiger partial charge in [0.15, 0.2) is 16.6 Å². The average Bonchev–Trinajstić information content (AvgIpc) is 3.95. The van der Waals surface area contributed by atoms with Crippen LogP contribution in [0.15, 0.2) is 33.1 Å². The van der Waals surface area contributed by atoms with Crippen LogP contribution >= 0.6 is 0 Å². The topological polar surface area (TPSA) is 352 Å². The number of aromatic nitrogens is 1. The van der Waals surface area contributed by atoms with Crippen molar-refractivity contribution in [3.05, 3.63) is 39.9 Å². The maximum Gasteiger partial charge on any atom is 1.00 e. The van der Waals surface area contributed by atoms with Crippen molar-refractivity contribution in [3.63, 3.8) is 0 Å². The molecule has 0 radical (unpaired) electrons. The number of hydrogen-bond donors (Lipinski definition) is 4. The summed E-state index contributed by atoms with van der Waals surface area (Å²) >= 11 is 0. The van der Waals surface area contributed by atoms with Gasteiger partial charge in [0.05, 0.1) is 22.7 Å². The summed E-state index contributed by atoms with van der Waals surface area (Å²) < 4.78 is 17.1. The summed E-state index contributed by atoms with van der Waals surface area (Å²) in [6, 6.07) is 0.705. The Kier molecular flexibility index (Phi) is 27.9. The summed E-state index contributed by atoms with van der Waals surface area (Å²) in [5.41, 5.74) is -7.26. The van der Waals surface area contributed by atoms with Gasteiger partial charge >= 0.3 is 160 Å². The minimum absolute atomic E-state index is 0. The number of benzene rings is 1. The number of unbranched alkanes of at least 4 members (excludes halogenated alkanes) is 1. The number of carbonyl (C=O) groups is 6. The number of hydrogen-bond acceptors (Lipinski definition) is 17. The van der Waals surface area contributed by atoms with Gasteiger partial charge in [-0.25, -0.2) is 14.0 Å². The van der Waals surface area contributed by atoms with Gasteiger partial charge in [0, 0.05) is 88.0 Å². The summed E-state index contributed by atoms with van der Waals surface area (Å²) in [5, 5.41) is 97.1. The summed E-state index contributed by atoms with van der Waals surface area (Å²) in [5.74, 6) is -13.8. The maximum absolute atomic E-state index is 15.5. The number of halogens is 1. The Morgan fingerprint density at radius 1 is 0.774 bits per heavy atom. The minimum Gasteiger partial charge on any atom is -0.862 e. The van der Waals surface area contributed by atoms with E-state index in [4.69, 9.17) is 5.11 Å². The fourth-order valence-corrected chi connectivity index (χ4v) is 6.36. The molecule has 310 valence electrons. The molecule has 1 aromatic carbocycles. The first kappa shape index (κ1) is 62.9. The normalized spacial score (nSPS) is 16.3. The van der Waals surface area contributed by atoms with Gasteiger partial charge in [0.1, 0.15) is 11.9 Å². The number of aromatic carboxylic acids is 1. The molecule has 2 heterocycles. The molecule has 2 aliphatic rings. The minimum atomic E-state index is -3.12. The number of piperazine rings is 1. The number of pyridine rings is 1. The number of carboxylic acids is 5. The second-order valence-electron chi connectivity index (χ2n) is 13.9. The van der Waals surface area contributed by atoms with Crippen LogP contribution < -0.4 is 184 Å². The van der Waals surface area contributed by atoms with E-state index in [0.29, 0.717) is 18.4 Å². The molecule has 1 aliphatic carbocycles. The number of fused-ring (bicyclic) bond motifs is 1. The predicted molar refractivity (Wildman–Crippen MR) is 181 cm³/mol. The van der Waals surface area contributed by atoms with Crippen molar-refractivity contribution in [1.82, 2.24) is 9.47 Å². The Morgan fingerprint density at radius 3 is 1.76 bits per heavy atom. The molecule has 2 fully saturated rings. The molecule has 2 aromatic rings. The third kappa shape index (κ3) is 16.9. The van der Waals surface area contributed by atoms with E-state index in [0.717, 1.165) is 6.07 Å². The number of nitrogens with zero attached hydrogens (tertiary/aromatic N) is 5. The molecule has 27 heteroatoms. The zero-order valence-corrected chi connectivity index (χ0v) is 45.1. The second-order valence-corrected chi connectivity index (χ2v) is 13.9. The van der Waals surface area contributed by atoms with E-state index in [1.165, 1.54) is 17.2 Å².